The Kier molecular flexibility index (Phi) is 4.48. The first-order chi connectivity index (χ1) is 11.1. The Morgan fingerprint density at radius 2 is 1.91 bits per heavy atom. The van der Waals surface area contributed by atoms with Crippen molar-refractivity contribution in [3.63, 3.8) is 0 Å². The number of nitrogens with one attached hydrogen (secondary N) is 1. The monoisotopic (exact) mass is 328 g/mol. The van der Waals surface area contributed by atoms with E-state index in [2.05, 4.69) is 12.2 Å². The molecule has 5 heteroatoms. The lowest BCUT2D eigenvalue weighted by molar-refractivity contribution is 0.0727. The molecular weight excluding hydrogens is 308 g/mol. The van der Waals surface area contributed by atoms with E-state index in [0.717, 1.165) is 0 Å². The van der Waals surface area contributed by atoms with E-state index >= 15 is 0 Å². The van der Waals surface area contributed by atoms with Crippen molar-refractivity contribution in [1.82, 2.24) is 4.90 Å². The molecule has 2 amide bonds. The van der Waals surface area contributed by atoms with Crippen LogP contribution in [0.3, 0.4) is 0 Å². The van der Waals surface area contributed by atoms with Gasteiger partial charge < -0.3 is 10.2 Å². The summed E-state index contributed by atoms with van der Waals surface area (Å²) in [5.74, 6) is 0.549. The number of carbonyl (C=O) groups is 2. The lowest BCUT2D eigenvalue weighted by Crippen LogP contribution is -2.36. The Morgan fingerprint density at radius 3 is 2.48 bits per heavy atom. The summed E-state index contributed by atoms with van der Waals surface area (Å²) in [6.07, 6.45) is 2.43. The van der Waals surface area contributed by atoms with Crippen molar-refractivity contribution in [3.8, 4) is 0 Å². The molecule has 0 saturated heterocycles. The van der Waals surface area contributed by atoms with Crippen LogP contribution in [-0.2, 0) is 0 Å². The molecule has 1 fully saturated rings. The highest BCUT2D eigenvalue weighted by atomic mass is 32.1. The van der Waals surface area contributed by atoms with Crippen LogP contribution in [0.15, 0.2) is 41.8 Å². The minimum atomic E-state index is -0.126. The van der Waals surface area contributed by atoms with Crippen LogP contribution in [-0.4, -0.2) is 29.8 Å². The number of anilines is 1. The molecule has 1 aromatic heterocycles. The molecule has 23 heavy (non-hydrogen) atoms. The van der Waals surface area contributed by atoms with Crippen LogP contribution in [0.4, 0.5) is 5.69 Å². The first-order valence-corrected chi connectivity index (χ1v) is 8.66. The fourth-order valence-corrected chi connectivity index (χ4v) is 3.20. The molecule has 1 heterocycles. The molecule has 0 spiro atoms. The Bertz CT molecular complexity index is 690. The number of carbonyl (C=O) groups excluding carboxylic acids is 2. The van der Waals surface area contributed by atoms with Crippen molar-refractivity contribution >= 4 is 28.8 Å². The molecule has 1 aliphatic rings. The lowest BCUT2D eigenvalue weighted by atomic mass is 10.1. The van der Waals surface area contributed by atoms with Gasteiger partial charge in [0, 0.05) is 24.3 Å². The smallest absolute Gasteiger partial charge is 0.265 e. The highest BCUT2D eigenvalue weighted by molar-refractivity contribution is 7.12. The number of hydrogen-bond acceptors (Lipinski definition) is 3. The Labute approximate surface area is 140 Å². The van der Waals surface area contributed by atoms with Crippen molar-refractivity contribution in [1.29, 1.82) is 0 Å². The van der Waals surface area contributed by atoms with E-state index in [4.69, 9.17) is 0 Å². The molecular formula is C18H20N2O2S. The van der Waals surface area contributed by atoms with E-state index < -0.39 is 0 Å². The van der Waals surface area contributed by atoms with Gasteiger partial charge in [0.05, 0.1) is 4.88 Å². The summed E-state index contributed by atoms with van der Waals surface area (Å²) in [5, 5.41) is 4.71. The predicted octanol–water partition coefficient (Wildman–Crippen LogP) is 3.87. The molecule has 4 nitrogen and oxygen atoms in total. The zero-order valence-corrected chi connectivity index (χ0v) is 14.1. The summed E-state index contributed by atoms with van der Waals surface area (Å²) in [6, 6.07) is 11.0. The average molecular weight is 328 g/mol. The zero-order valence-electron chi connectivity index (χ0n) is 13.3. The first-order valence-electron chi connectivity index (χ1n) is 7.78. The molecule has 0 radical (unpaired) electrons. The summed E-state index contributed by atoms with van der Waals surface area (Å²) >= 11 is 1.40. The molecule has 0 bridgehead atoms. The van der Waals surface area contributed by atoms with Gasteiger partial charge in [-0.1, -0.05) is 6.07 Å². The van der Waals surface area contributed by atoms with E-state index in [-0.39, 0.29) is 17.9 Å². The fraction of sp³-hybridized carbons (Fsp3) is 0.333. The van der Waals surface area contributed by atoms with Gasteiger partial charge >= 0.3 is 0 Å². The fourth-order valence-electron chi connectivity index (χ4n) is 2.58. The Hall–Kier alpha value is -2.14. The van der Waals surface area contributed by atoms with Crippen LogP contribution in [0.25, 0.3) is 0 Å². The van der Waals surface area contributed by atoms with Gasteiger partial charge in [0.2, 0.25) is 0 Å². The van der Waals surface area contributed by atoms with Gasteiger partial charge in [-0.2, -0.15) is 0 Å². The normalized spacial score (nSPS) is 15.0. The van der Waals surface area contributed by atoms with Crippen molar-refractivity contribution in [2.45, 2.75) is 25.8 Å². The molecule has 1 aromatic carbocycles. The van der Waals surface area contributed by atoms with Crippen molar-refractivity contribution < 1.29 is 9.59 Å². The summed E-state index contributed by atoms with van der Waals surface area (Å²) in [6.45, 7) is 2.10. The molecule has 0 aliphatic heterocycles. The maximum atomic E-state index is 12.5. The predicted molar refractivity (Wildman–Crippen MR) is 93.0 cm³/mol. The molecule has 2 aromatic rings. The minimum absolute atomic E-state index is 0.0283. The molecule has 3 rings (SSSR count). The largest absolute Gasteiger partial charge is 0.339 e. The zero-order chi connectivity index (χ0) is 16.4. The third-order valence-corrected chi connectivity index (χ3v) is 5.24. The van der Waals surface area contributed by atoms with Crippen LogP contribution in [0.1, 0.15) is 39.8 Å². The van der Waals surface area contributed by atoms with Crippen LogP contribution in [0.2, 0.25) is 0 Å². The van der Waals surface area contributed by atoms with E-state index in [1.807, 2.05) is 23.4 Å². The molecule has 1 unspecified atom stereocenters. The molecule has 120 valence electrons. The van der Waals surface area contributed by atoms with Crippen molar-refractivity contribution in [3.05, 3.63) is 52.2 Å². The van der Waals surface area contributed by atoms with Gasteiger partial charge in [0.25, 0.3) is 11.8 Å². The number of amides is 2. The van der Waals surface area contributed by atoms with Gasteiger partial charge in [0.15, 0.2) is 0 Å². The Balaban J connectivity index is 1.64. The van der Waals surface area contributed by atoms with Crippen LogP contribution >= 0.6 is 11.3 Å². The maximum absolute atomic E-state index is 12.5. The number of nitrogens with zero attached hydrogens (tertiary/aromatic N) is 1. The third kappa shape index (κ3) is 3.62. The minimum Gasteiger partial charge on any atom is -0.339 e. The second kappa shape index (κ2) is 6.54. The molecule has 1 atom stereocenters. The topological polar surface area (TPSA) is 49.4 Å². The summed E-state index contributed by atoms with van der Waals surface area (Å²) in [7, 11) is 1.86. The van der Waals surface area contributed by atoms with Gasteiger partial charge in [-0.05, 0) is 61.4 Å². The first kappa shape index (κ1) is 15.7. The molecule has 1 aliphatic carbocycles. The SMILES string of the molecule is CC(C1CC1)N(C)C(=O)c1ccc(NC(=O)c2cccs2)cc1. The number of thiophene rings is 1. The van der Waals surface area contributed by atoms with E-state index in [1.165, 1.54) is 24.2 Å². The summed E-state index contributed by atoms with van der Waals surface area (Å²) in [4.78, 5) is 27.0. The van der Waals surface area contributed by atoms with Gasteiger partial charge in [-0.25, -0.2) is 0 Å². The van der Waals surface area contributed by atoms with E-state index in [9.17, 15) is 9.59 Å². The van der Waals surface area contributed by atoms with Crippen LogP contribution in [0.5, 0.6) is 0 Å². The average Bonchev–Trinajstić information content (AvgIpc) is 3.27. The maximum Gasteiger partial charge on any atom is 0.265 e. The number of hydrogen-bond donors (Lipinski definition) is 1. The van der Waals surface area contributed by atoms with Gasteiger partial charge in [0.1, 0.15) is 0 Å². The second-order valence-electron chi connectivity index (χ2n) is 6.00. The van der Waals surface area contributed by atoms with Crippen LogP contribution in [0, 0.1) is 5.92 Å². The number of benzene rings is 1. The van der Waals surface area contributed by atoms with E-state index in [1.54, 1.807) is 30.3 Å². The van der Waals surface area contributed by atoms with Gasteiger partial charge in [-0.15, -0.1) is 11.3 Å². The number of rotatable bonds is 5. The Morgan fingerprint density at radius 1 is 1.22 bits per heavy atom. The van der Waals surface area contributed by atoms with Crippen molar-refractivity contribution in [2.75, 3.05) is 12.4 Å². The highest BCUT2D eigenvalue weighted by Crippen LogP contribution is 2.35. The third-order valence-electron chi connectivity index (χ3n) is 4.37. The van der Waals surface area contributed by atoms with E-state index in [0.29, 0.717) is 22.0 Å². The highest BCUT2D eigenvalue weighted by Gasteiger charge is 2.32. The quantitative estimate of drug-likeness (QED) is 0.906. The lowest BCUT2D eigenvalue weighted by Gasteiger charge is -2.25. The van der Waals surface area contributed by atoms with Crippen LogP contribution < -0.4 is 5.32 Å². The van der Waals surface area contributed by atoms with Crippen molar-refractivity contribution in [2.24, 2.45) is 5.92 Å². The second-order valence-corrected chi connectivity index (χ2v) is 6.95. The van der Waals surface area contributed by atoms with Gasteiger partial charge in [-0.3, -0.25) is 9.59 Å². The summed E-state index contributed by atoms with van der Waals surface area (Å²) < 4.78 is 0. The molecule has 1 N–H and O–H groups in total. The molecule has 1 saturated carbocycles. The standard InChI is InChI=1S/C18H20N2O2S/c1-12(13-5-6-13)20(2)18(22)14-7-9-15(10-8-14)19-17(21)16-4-3-11-23-16/h3-4,7-13H,5-6H2,1-2H3,(H,19,21). The summed E-state index contributed by atoms with van der Waals surface area (Å²) in [5.41, 5.74) is 1.34.